The fraction of sp³-hybridized carbons (Fsp3) is 0.471. The molecule has 1 amide bonds. The third-order valence-electron chi connectivity index (χ3n) is 3.30. The Balaban J connectivity index is 2.42. The van der Waals surface area contributed by atoms with E-state index in [0.717, 1.165) is 0 Å². The van der Waals surface area contributed by atoms with Gasteiger partial charge in [-0.25, -0.2) is 4.98 Å². The van der Waals surface area contributed by atoms with Gasteiger partial charge < -0.3 is 4.90 Å². The zero-order valence-electron chi connectivity index (χ0n) is 13.6. The fourth-order valence-electron chi connectivity index (χ4n) is 2.47. The lowest BCUT2D eigenvalue weighted by atomic mass is 10.1. The van der Waals surface area contributed by atoms with Gasteiger partial charge in [0.25, 0.3) is 11.5 Å². The minimum absolute atomic E-state index is 0.130. The Morgan fingerprint density at radius 3 is 2.41 bits per heavy atom. The number of carbonyl (C=O) groups is 1. The van der Waals surface area contributed by atoms with E-state index < -0.39 is 0 Å². The molecule has 5 heteroatoms. The molecule has 0 fully saturated rings. The third kappa shape index (κ3) is 3.53. The zero-order valence-corrected chi connectivity index (χ0v) is 13.6. The molecular weight excluding hydrogens is 278 g/mol. The SMILES string of the molecule is CC(C)CN(CC(C)C)C(=O)c1cnc2ccccn2c1=O. The molecule has 0 bridgehead atoms. The second-order valence-electron chi connectivity index (χ2n) is 6.40. The van der Waals surface area contributed by atoms with Crippen molar-refractivity contribution in [2.75, 3.05) is 13.1 Å². The number of amides is 1. The summed E-state index contributed by atoms with van der Waals surface area (Å²) in [6.07, 6.45) is 3.03. The van der Waals surface area contributed by atoms with E-state index in [1.807, 2.05) is 6.07 Å². The van der Waals surface area contributed by atoms with Gasteiger partial charge in [0.2, 0.25) is 0 Å². The van der Waals surface area contributed by atoms with Gasteiger partial charge in [-0.2, -0.15) is 0 Å². The highest BCUT2D eigenvalue weighted by Gasteiger charge is 2.21. The van der Waals surface area contributed by atoms with Crippen LogP contribution in [0.5, 0.6) is 0 Å². The highest BCUT2D eigenvalue weighted by molar-refractivity contribution is 5.93. The Bertz CT molecular complexity index is 709. The fourth-order valence-corrected chi connectivity index (χ4v) is 2.47. The molecule has 2 heterocycles. The molecule has 0 N–H and O–H groups in total. The summed E-state index contributed by atoms with van der Waals surface area (Å²) in [6, 6.07) is 5.31. The molecule has 5 nitrogen and oxygen atoms in total. The largest absolute Gasteiger partial charge is 0.338 e. The molecular formula is C17H23N3O2. The molecule has 0 aromatic carbocycles. The predicted octanol–water partition coefficient (Wildman–Crippen LogP) is 2.45. The van der Waals surface area contributed by atoms with E-state index in [2.05, 4.69) is 32.7 Å². The number of pyridine rings is 1. The van der Waals surface area contributed by atoms with Crippen molar-refractivity contribution in [1.82, 2.24) is 14.3 Å². The first-order valence-electron chi connectivity index (χ1n) is 7.65. The average Bonchev–Trinajstić information content (AvgIpc) is 2.45. The van der Waals surface area contributed by atoms with Crippen LogP contribution in [-0.4, -0.2) is 33.3 Å². The number of fused-ring (bicyclic) bond motifs is 1. The Kier molecular flexibility index (Phi) is 4.96. The van der Waals surface area contributed by atoms with Crippen LogP contribution in [0.25, 0.3) is 5.65 Å². The number of hydrogen-bond acceptors (Lipinski definition) is 3. The second kappa shape index (κ2) is 6.73. The summed E-state index contributed by atoms with van der Waals surface area (Å²) < 4.78 is 1.41. The van der Waals surface area contributed by atoms with Crippen LogP contribution in [0.4, 0.5) is 0 Å². The van der Waals surface area contributed by atoms with Gasteiger partial charge in [-0.3, -0.25) is 14.0 Å². The van der Waals surface area contributed by atoms with E-state index in [4.69, 9.17) is 0 Å². The molecule has 2 aromatic heterocycles. The number of rotatable bonds is 5. The smallest absolute Gasteiger partial charge is 0.270 e. The van der Waals surface area contributed by atoms with Crippen LogP contribution >= 0.6 is 0 Å². The maximum absolute atomic E-state index is 12.8. The molecule has 0 atom stereocenters. The molecule has 0 radical (unpaired) electrons. The van der Waals surface area contributed by atoms with Crippen molar-refractivity contribution in [2.24, 2.45) is 11.8 Å². The summed E-state index contributed by atoms with van der Waals surface area (Å²) in [5, 5.41) is 0. The van der Waals surface area contributed by atoms with E-state index in [1.54, 1.807) is 23.2 Å². The lowest BCUT2D eigenvalue weighted by molar-refractivity contribution is 0.0712. The topological polar surface area (TPSA) is 54.7 Å². The summed E-state index contributed by atoms with van der Waals surface area (Å²) in [7, 11) is 0. The van der Waals surface area contributed by atoms with E-state index >= 15 is 0 Å². The maximum atomic E-state index is 12.8. The molecule has 0 unspecified atom stereocenters. The van der Waals surface area contributed by atoms with Crippen molar-refractivity contribution in [1.29, 1.82) is 0 Å². The Morgan fingerprint density at radius 1 is 1.18 bits per heavy atom. The molecule has 118 valence electrons. The Labute approximate surface area is 130 Å². The molecule has 22 heavy (non-hydrogen) atoms. The van der Waals surface area contributed by atoms with Crippen LogP contribution < -0.4 is 5.56 Å². The van der Waals surface area contributed by atoms with E-state index in [9.17, 15) is 9.59 Å². The summed E-state index contributed by atoms with van der Waals surface area (Å²) in [5.74, 6) is 0.455. The lowest BCUT2D eigenvalue weighted by Gasteiger charge is -2.26. The predicted molar refractivity (Wildman–Crippen MR) is 87.0 cm³/mol. The quantitative estimate of drug-likeness (QED) is 0.852. The van der Waals surface area contributed by atoms with E-state index in [1.165, 1.54) is 10.6 Å². The Morgan fingerprint density at radius 2 is 1.82 bits per heavy atom. The minimum atomic E-state index is -0.312. The molecule has 2 aromatic rings. The normalized spacial score (nSPS) is 11.4. The molecule has 0 aliphatic heterocycles. The lowest BCUT2D eigenvalue weighted by Crippen LogP contribution is -2.40. The summed E-state index contributed by atoms with van der Waals surface area (Å²) in [4.78, 5) is 31.2. The molecule has 0 saturated heterocycles. The molecule has 0 saturated carbocycles. The number of aromatic nitrogens is 2. The minimum Gasteiger partial charge on any atom is -0.338 e. The van der Waals surface area contributed by atoms with Gasteiger partial charge in [0, 0.05) is 25.5 Å². The van der Waals surface area contributed by atoms with Crippen LogP contribution in [0, 0.1) is 11.8 Å². The van der Waals surface area contributed by atoms with Gasteiger partial charge in [0.05, 0.1) is 0 Å². The van der Waals surface area contributed by atoms with Crippen LogP contribution in [0.3, 0.4) is 0 Å². The summed E-state index contributed by atoms with van der Waals surface area (Å²) >= 11 is 0. The molecule has 0 aliphatic carbocycles. The molecule has 0 aliphatic rings. The van der Waals surface area contributed by atoms with E-state index in [-0.39, 0.29) is 17.0 Å². The van der Waals surface area contributed by atoms with Gasteiger partial charge in [-0.05, 0) is 24.0 Å². The third-order valence-corrected chi connectivity index (χ3v) is 3.30. The number of hydrogen-bond donors (Lipinski definition) is 0. The van der Waals surface area contributed by atoms with Crippen LogP contribution in [0.15, 0.2) is 35.4 Å². The van der Waals surface area contributed by atoms with Crippen LogP contribution in [0.1, 0.15) is 38.1 Å². The van der Waals surface area contributed by atoms with Gasteiger partial charge in [0.1, 0.15) is 11.2 Å². The average molecular weight is 301 g/mol. The van der Waals surface area contributed by atoms with Gasteiger partial charge in [0.15, 0.2) is 0 Å². The van der Waals surface area contributed by atoms with Gasteiger partial charge >= 0.3 is 0 Å². The molecule has 2 rings (SSSR count). The summed E-state index contributed by atoms with van der Waals surface area (Å²) in [6.45, 7) is 9.51. The first-order chi connectivity index (χ1) is 10.4. The van der Waals surface area contributed by atoms with Crippen molar-refractivity contribution < 1.29 is 4.79 Å². The summed E-state index contributed by atoms with van der Waals surface area (Å²) in [5.41, 5.74) is 0.362. The van der Waals surface area contributed by atoms with Crippen molar-refractivity contribution in [3.8, 4) is 0 Å². The Hall–Kier alpha value is -2.17. The molecule has 0 spiro atoms. The van der Waals surface area contributed by atoms with Crippen molar-refractivity contribution in [2.45, 2.75) is 27.7 Å². The van der Waals surface area contributed by atoms with Crippen LogP contribution in [-0.2, 0) is 0 Å². The monoisotopic (exact) mass is 301 g/mol. The van der Waals surface area contributed by atoms with Gasteiger partial charge in [-0.15, -0.1) is 0 Å². The number of carbonyl (C=O) groups excluding carboxylic acids is 1. The van der Waals surface area contributed by atoms with Gasteiger partial charge in [-0.1, -0.05) is 33.8 Å². The highest BCUT2D eigenvalue weighted by Crippen LogP contribution is 2.08. The number of nitrogens with zero attached hydrogens (tertiary/aromatic N) is 3. The highest BCUT2D eigenvalue weighted by atomic mass is 16.2. The zero-order chi connectivity index (χ0) is 16.3. The first-order valence-corrected chi connectivity index (χ1v) is 7.65. The maximum Gasteiger partial charge on any atom is 0.270 e. The first kappa shape index (κ1) is 16.2. The second-order valence-corrected chi connectivity index (χ2v) is 6.40. The van der Waals surface area contributed by atoms with Crippen molar-refractivity contribution >= 4 is 11.6 Å². The van der Waals surface area contributed by atoms with Crippen LogP contribution in [0.2, 0.25) is 0 Å². The van der Waals surface area contributed by atoms with Crippen molar-refractivity contribution in [3.63, 3.8) is 0 Å². The van der Waals surface area contributed by atoms with Crippen molar-refractivity contribution in [3.05, 3.63) is 46.5 Å². The standard InChI is InChI=1S/C17H23N3O2/c1-12(2)10-19(11-13(3)4)16(21)14-9-18-15-7-5-6-8-20(15)17(14)22/h5-9,12-13H,10-11H2,1-4H3. The van der Waals surface area contributed by atoms with E-state index in [0.29, 0.717) is 30.6 Å².